The highest BCUT2D eigenvalue weighted by Crippen LogP contribution is 2.37. The molecule has 0 amide bonds. The Balaban J connectivity index is 1.82. The van der Waals surface area contributed by atoms with Crippen LogP contribution in [0.4, 0.5) is 5.69 Å². The fourth-order valence-electron chi connectivity index (χ4n) is 3.94. The lowest BCUT2D eigenvalue weighted by atomic mass is 10.1. The minimum Gasteiger partial charge on any atom is -0.491 e. The van der Waals surface area contributed by atoms with Gasteiger partial charge in [0, 0.05) is 24.3 Å². The van der Waals surface area contributed by atoms with E-state index in [9.17, 15) is 0 Å². The monoisotopic (exact) mass is 342 g/mol. The number of aryl methyl sites for hydroxylation is 1. The van der Waals surface area contributed by atoms with Gasteiger partial charge in [-0.2, -0.15) is 0 Å². The summed E-state index contributed by atoms with van der Waals surface area (Å²) >= 11 is 0. The molecule has 1 unspecified atom stereocenters. The number of anilines is 1. The van der Waals surface area contributed by atoms with Crippen LogP contribution >= 0.6 is 0 Å². The lowest BCUT2D eigenvalue weighted by Crippen LogP contribution is -2.31. The van der Waals surface area contributed by atoms with Crippen LogP contribution in [0.2, 0.25) is 0 Å². The van der Waals surface area contributed by atoms with Gasteiger partial charge in [0.15, 0.2) is 5.75 Å². The van der Waals surface area contributed by atoms with E-state index in [1.54, 1.807) is 14.2 Å². The number of nitrogens with zero attached hydrogens (tertiary/aromatic N) is 2. The predicted octanol–water partition coefficient (Wildman–Crippen LogP) is 2.69. The van der Waals surface area contributed by atoms with E-state index in [0.717, 1.165) is 49.1 Å². The number of rotatable bonds is 4. The molecular formula is C19H26N4O2. The summed E-state index contributed by atoms with van der Waals surface area (Å²) in [5.41, 5.74) is 5.44. The van der Waals surface area contributed by atoms with Gasteiger partial charge >= 0.3 is 0 Å². The molecule has 1 fully saturated rings. The first kappa shape index (κ1) is 16.4. The van der Waals surface area contributed by atoms with Crippen LogP contribution in [0, 0.1) is 0 Å². The Morgan fingerprint density at radius 2 is 2.04 bits per heavy atom. The highest BCUT2D eigenvalue weighted by molar-refractivity contribution is 5.92. The van der Waals surface area contributed by atoms with E-state index in [4.69, 9.17) is 19.4 Å². The smallest absolute Gasteiger partial charge is 0.257 e. The molecule has 0 bridgehead atoms. The highest BCUT2D eigenvalue weighted by Gasteiger charge is 2.24. The van der Waals surface area contributed by atoms with Crippen molar-refractivity contribution in [1.82, 2.24) is 15.3 Å². The van der Waals surface area contributed by atoms with Crippen LogP contribution in [0.15, 0.2) is 6.07 Å². The van der Waals surface area contributed by atoms with E-state index in [1.165, 1.54) is 30.5 Å². The first-order chi connectivity index (χ1) is 12.3. The van der Waals surface area contributed by atoms with Crippen molar-refractivity contribution in [1.29, 1.82) is 0 Å². The molecule has 1 aliphatic carbocycles. The zero-order chi connectivity index (χ0) is 17.2. The summed E-state index contributed by atoms with van der Waals surface area (Å²) in [4.78, 5) is 9.60. The van der Waals surface area contributed by atoms with E-state index in [1.807, 2.05) is 6.07 Å². The van der Waals surface area contributed by atoms with Gasteiger partial charge in [-0.05, 0) is 44.2 Å². The van der Waals surface area contributed by atoms with Gasteiger partial charge in [-0.15, -0.1) is 0 Å². The van der Waals surface area contributed by atoms with E-state index >= 15 is 0 Å². The Morgan fingerprint density at radius 1 is 1.12 bits per heavy atom. The molecule has 134 valence electrons. The van der Waals surface area contributed by atoms with Gasteiger partial charge in [-0.1, -0.05) is 6.42 Å². The summed E-state index contributed by atoms with van der Waals surface area (Å²) in [6.07, 6.45) is 6.94. The molecule has 2 aliphatic rings. The van der Waals surface area contributed by atoms with Crippen molar-refractivity contribution in [2.24, 2.45) is 0 Å². The summed E-state index contributed by atoms with van der Waals surface area (Å²) in [6.45, 7) is 2.10. The standard InChI is InChI=1S/C19H26N4O2/c1-24-16-10-15-18(23-19(16)25-2)17(13-7-5-8-14(13)22-15)21-12-6-3-4-9-20-11-12/h10,12,20H,3-9,11H2,1-2H3,(H,21,22). The van der Waals surface area contributed by atoms with Gasteiger partial charge in [0.2, 0.25) is 0 Å². The molecule has 25 heavy (non-hydrogen) atoms. The van der Waals surface area contributed by atoms with Crippen molar-refractivity contribution < 1.29 is 9.47 Å². The third-order valence-corrected chi connectivity index (χ3v) is 5.23. The first-order valence-electron chi connectivity index (χ1n) is 9.22. The minimum absolute atomic E-state index is 0.424. The average molecular weight is 342 g/mol. The van der Waals surface area contributed by atoms with Crippen LogP contribution in [0.1, 0.15) is 36.9 Å². The second kappa shape index (κ2) is 7.04. The number of methoxy groups -OCH3 is 2. The number of ether oxygens (including phenoxy) is 2. The number of hydrogen-bond acceptors (Lipinski definition) is 6. The maximum Gasteiger partial charge on any atom is 0.257 e. The quantitative estimate of drug-likeness (QED) is 0.890. The number of nitrogens with one attached hydrogen (secondary N) is 2. The minimum atomic E-state index is 0.424. The van der Waals surface area contributed by atoms with Crippen LogP contribution in [0.3, 0.4) is 0 Å². The van der Waals surface area contributed by atoms with Gasteiger partial charge in [-0.25, -0.2) is 4.98 Å². The SMILES string of the molecule is COc1cc2nc3c(c(NC4CCCCNC4)c2nc1OC)CCC3. The Kier molecular flexibility index (Phi) is 4.61. The second-order valence-corrected chi connectivity index (χ2v) is 6.87. The normalized spacial score (nSPS) is 20.2. The van der Waals surface area contributed by atoms with Crippen molar-refractivity contribution in [2.45, 2.75) is 44.6 Å². The number of hydrogen-bond donors (Lipinski definition) is 2. The van der Waals surface area contributed by atoms with Gasteiger partial charge in [0.1, 0.15) is 5.52 Å². The molecule has 4 rings (SSSR count). The number of pyridine rings is 2. The molecule has 1 atom stereocenters. The van der Waals surface area contributed by atoms with E-state index in [2.05, 4.69) is 10.6 Å². The largest absolute Gasteiger partial charge is 0.491 e. The maximum absolute atomic E-state index is 5.42. The molecule has 1 aliphatic heterocycles. The number of fused-ring (bicyclic) bond motifs is 2. The Morgan fingerprint density at radius 3 is 2.88 bits per heavy atom. The molecule has 0 aromatic carbocycles. The summed E-state index contributed by atoms with van der Waals surface area (Å²) in [6, 6.07) is 2.36. The third kappa shape index (κ3) is 3.11. The summed E-state index contributed by atoms with van der Waals surface area (Å²) in [5.74, 6) is 1.14. The lowest BCUT2D eigenvalue weighted by Gasteiger charge is -2.21. The summed E-state index contributed by atoms with van der Waals surface area (Å²) < 4.78 is 10.8. The van der Waals surface area contributed by atoms with Crippen molar-refractivity contribution in [3.8, 4) is 11.6 Å². The molecular weight excluding hydrogens is 316 g/mol. The van der Waals surface area contributed by atoms with Crippen LogP contribution in [-0.2, 0) is 12.8 Å². The Bertz CT molecular complexity index is 770. The predicted molar refractivity (Wildman–Crippen MR) is 98.8 cm³/mol. The molecule has 2 aromatic heterocycles. The fraction of sp³-hybridized carbons (Fsp3) is 0.579. The molecule has 2 N–H and O–H groups in total. The lowest BCUT2D eigenvalue weighted by molar-refractivity contribution is 0.344. The second-order valence-electron chi connectivity index (χ2n) is 6.87. The molecule has 0 spiro atoms. The maximum atomic E-state index is 5.42. The van der Waals surface area contributed by atoms with Crippen LogP contribution in [-0.4, -0.2) is 43.3 Å². The molecule has 3 heterocycles. The van der Waals surface area contributed by atoms with Crippen LogP contribution in [0.25, 0.3) is 11.0 Å². The Hall–Kier alpha value is -2.08. The third-order valence-electron chi connectivity index (χ3n) is 5.23. The number of aromatic nitrogens is 2. The fourth-order valence-corrected chi connectivity index (χ4v) is 3.94. The van der Waals surface area contributed by atoms with Crippen LogP contribution < -0.4 is 20.1 Å². The summed E-state index contributed by atoms with van der Waals surface area (Å²) in [5, 5.41) is 7.32. The van der Waals surface area contributed by atoms with E-state index in [0.29, 0.717) is 17.7 Å². The van der Waals surface area contributed by atoms with Crippen LogP contribution in [0.5, 0.6) is 11.6 Å². The van der Waals surface area contributed by atoms with Crippen molar-refractivity contribution in [2.75, 3.05) is 32.6 Å². The van der Waals surface area contributed by atoms with Gasteiger partial charge < -0.3 is 20.1 Å². The molecule has 1 saturated heterocycles. The highest BCUT2D eigenvalue weighted by atomic mass is 16.5. The van der Waals surface area contributed by atoms with Gasteiger partial charge in [0.05, 0.1) is 25.4 Å². The van der Waals surface area contributed by atoms with Crippen molar-refractivity contribution >= 4 is 16.7 Å². The van der Waals surface area contributed by atoms with E-state index < -0.39 is 0 Å². The molecule has 6 heteroatoms. The zero-order valence-corrected chi connectivity index (χ0v) is 15.0. The van der Waals surface area contributed by atoms with Gasteiger partial charge in [-0.3, -0.25) is 4.98 Å². The molecule has 6 nitrogen and oxygen atoms in total. The van der Waals surface area contributed by atoms with Crippen molar-refractivity contribution in [3.05, 3.63) is 17.3 Å². The molecule has 0 radical (unpaired) electrons. The van der Waals surface area contributed by atoms with Gasteiger partial charge in [0.25, 0.3) is 5.88 Å². The molecule has 2 aromatic rings. The summed E-state index contributed by atoms with van der Waals surface area (Å²) in [7, 11) is 3.26. The topological polar surface area (TPSA) is 68.3 Å². The molecule has 0 saturated carbocycles. The Labute approximate surface area is 148 Å². The first-order valence-corrected chi connectivity index (χ1v) is 9.22. The zero-order valence-electron chi connectivity index (χ0n) is 15.0. The van der Waals surface area contributed by atoms with E-state index in [-0.39, 0.29) is 0 Å². The average Bonchev–Trinajstić information content (AvgIpc) is 2.95. The van der Waals surface area contributed by atoms with Crippen molar-refractivity contribution in [3.63, 3.8) is 0 Å².